The van der Waals surface area contributed by atoms with E-state index in [1.165, 1.54) is 11.8 Å². The zero-order chi connectivity index (χ0) is 20.5. The second-order valence-electron chi connectivity index (χ2n) is 7.26. The van der Waals surface area contributed by atoms with Gasteiger partial charge in [-0.15, -0.1) is 5.10 Å². The number of nitrogens with one attached hydrogen (secondary N) is 2. The molecular weight excluding hydrogens is 385 g/mol. The minimum atomic E-state index is -0.468. The fourth-order valence-electron chi connectivity index (χ4n) is 3.69. The second kappa shape index (κ2) is 7.68. The lowest BCUT2D eigenvalue weighted by Gasteiger charge is -2.22. The van der Waals surface area contributed by atoms with Crippen LogP contribution in [0.1, 0.15) is 6.42 Å². The fourth-order valence-corrected chi connectivity index (χ4v) is 3.69. The van der Waals surface area contributed by atoms with Gasteiger partial charge in [-0.1, -0.05) is 5.21 Å². The summed E-state index contributed by atoms with van der Waals surface area (Å²) in [6, 6.07) is 11.0. The SMILES string of the molecule is O=c1[nH]c2ncc(F)cc2cc1-c1cn(-c2ccc(N3CCCNCC3)cc2)nn1. The minimum absolute atomic E-state index is 0.315. The molecule has 0 aliphatic carbocycles. The van der Waals surface area contributed by atoms with E-state index in [1.54, 1.807) is 16.9 Å². The molecule has 0 amide bonds. The van der Waals surface area contributed by atoms with Crippen LogP contribution in [0.3, 0.4) is 0 Å². The van der Waals surface area contributed by atoms with Crippen molar-refractivity contribution in [3.8, 4) is 16.9 Å². The zero-order valence-corrected chi connectivity index (χ0v) is 16.2. The Bertz CT molecular complexity index is 1240. The lowest BCUT2D eigenvalue weighted by atomic mass is 10.1. The Labute approximate surface area is 171 Å². The average Bonchev–Trinajstić information content (AvgIpc) is 3.08. The van der Waals surface area contributed by atoms with Crippen LogP contribution in [0.4, 0.5) is 10.1 Å². The largest absolute Gasteiger partial charge is 0.370 e. The Hall–Kier alpha value is -3.59. The van der Waals surface area contributed by atoms with Gasteiger partial charge in [0.2, 0.25) is 0 Å². The summed E-state index contributed by atoms with van der Waals surface area (Å²) in [5, 5.41) is 12.2. The number of halogens is 1. The number of pyridine rings is 2. The highest BCUT2D eigenvalue weighted by atomic mass is 19.1. The van der Waals surface area contributed by atoms with Gasteiger partial charge >= 0.3 is 0 Å². The van der Waals surface area contributed by atoms with Crippen LogP contribution in [0.5, 0.6) is 0 Å². The molecule has 0 atom stereocenters. The lowest BCUT2D eigenvalue weighted by Crippen LogP contribution is -2.27. The number of hydrogen-bond donors (Lipinski definition) is 2. The molecule has 3 aromatic heterocycles. The molecule has 1 saturated heterocycles. The Kier molecular flexibility index (Phi) is 4.72. The maximum Gasteiger partial charge on any atom is 0.259 e. The first kappa shape index (κ1) is 18.4. The summed E-state index contributed by atoms with van der Waals surface area (Å²) in [4.78, 5) is 21.4. The molecular formula is C21H20FN7O. The summed E-state index contributed by atoms with van der Waals surface area (Å²) < 4.78 is 15.1. The highest BCUT2D eigenvalue weighted by molar-refractivity contribution is 5.79. The number of hydrogen-bond acceptors (Lipinski definition) is 6. The first-order valence-corrected chi connectivity index (χ1v) is 9.85. The van der Waals surface area contributed by atoms with Crippen molar-refractivity contribution < 1.29 is 4.39 Å². The number of nitrogens with zero attached hydrogens (tertiary/aromatic N) is 5. The molecule has 5 rings (SSSR count). The quantitative estimate of drug-likeness (QED) is 0.543. The third-order valence-electron chi connectivity index (χ3n) is 5.25. The van der Waals surface area contributed by atoms with E-state index in [4.69, 9.17) is 0 Å². The topological polar surface area (TPSA) is 91.7 Å². The van der Waals surface area contributed by atoms with E-state index in [0.717, 1.165) is 44.5 Å². The molecule has 0 radical (unpaired) electrons. The summed E-state index contributed by atoms with van der Waals surface area (Å²) in [6.45, 7) is 4.04. The second-order valence-corrected chi connectivity index (χ2v) is 7.26. The Morgan fingerprint density at radius 2 is 1.87 bits per heavy atom. The van der Waals surface area contributed by atoms with E-state index in [1.807, 2.05) is 12.1 Å². The summed E-state index contributed by atoms with van der Waals surface area (Å²) in [5.41, 5.74) is 2.72. The summed E-state index contributed by atoms with van der Waals surface area (Å²) in [7, 11) is 0. The predicted octanol–water partition coefficient (Wildman–Crippen LogP) is 2.11. The molecule has 30 heavy (non-hydrogen) atoms. The molecule has 1 aliphatic heterocycles. The highest BCUT2D eigenvalue weighted by Crippen LogP contribution is 2.21. The van der Waals surface area contributed by atoms with Gasteiger partial charge in [0.05, 0.1) is 23.6 Å². The maximum absolute atomic E-state index is 13.5. The summed E-state index contributed by atoms with van der Waals surface area (Å²) >= 11 is 0. The zero-order valence-electron chi connectivity index (χ0n) is 16.2. The molecule has 9 heteroatoms. The van der Waals surface area contributed by atoms with Crippen molar-refractivity contribution in [1.82, 2.24) is 30.3 Å². The molecule has 1 aromatic carbocycles. The lowest BCUT2D eigenvalue weighted by molar-refractivity contribution is 0.624. The Balaban J connectivity index is 1.43. The number of aromatic amines is 1. The van der Waals surface area contributed by atoms with Crippen LogP contribution < -0.4 is 15.8 Å². The smallest absolute Gasteiger partial charge is 0.259 e. The molecule has 0 saturated carbocycles. The van der Waals surface area contributed by atoms with Crippen LogP contribution >= 0.6 is 0 Å². The third-order valence-corrected chi connectivity index (χ3v) is 5.25. The number of fused-ring (bicyclic) bond motifs is 1. The van der Waals surface area contributed by atoms with Crippen molar-refractivity contribution in [1.29, 1.82) is 0 Å². The number of H-pyrrole nitrogens is 1. The number of benzene rings is 1. The van der Waals surface area contributed by atoms with Crippen LogP contribution in [0.2, 0.25) is 0 Å². The van der Waals surface area contributed by atoms with Gasteiger partial charge in [0, 0.05) is 30.7 Å². The number of anilines is 1. The summed E-state index contributed by atoms with van der Waals surface area (Å²) in [5.74, 6) is -0.468. The van der Waals surface area contributed by atoms with E-state index in [-0.39, 0.29) is 5.56 Å². The van der Waals surface area contributed by atoms with Gasteiger partial charge in [0.15, 0.2) is 0 Å². The normalized spacial score (nSPS) is 14.8. The monoisotopic (exact) mass is 405 g/mol. The van der Waals surface area contributed by atoms with Crippen molar-refractivity contribution in [3.63, 3.8) is 0 Å². The van der Waals surface area contributed by atoms with E-state index in [2.05, 4.69) is 42.6 Å². The molecule has 0 unspecified atom stereocenters. The minimum Gasteiger partial charge on any atom is -0.370 e. The van der Waals surface area contributed by atoms with Crippen LogP contribution in [-0.4, -0.2) is 51.1 Å². The van der Waals surface area contributed by atoms with Gasteiger partial charge in [-0.2, -0.15) is 0 Å². The van der Waals surface area contributed by atoms with Crippen molar-refractivity contribution in [2.24, 2.45) is 0 Å². The molecule has 2 N–H and O–H groups in total. The van der Waals surface area contributed by atoms with Crippen molar-refractivity contribution in [2.45, 2.75) is 6.42 Å². The molecule has 0 bridgehead atoms. The number of rotatable bonds is 3. The molecule has 1 fully saturated rings. The first-order valence-electron chi connectivity index (χ1n) is 9.85. The third kappa shape index (κ3) is 3.55. The Morgan fingerprint density at radius 3 is 2.73 bits per heavy atom. The van der Waals surface area contributed by atoms with E-state index >= 15 is 0 Å². The van der Waals surface area contributed by atoms with Crippen molar-refractivity contribution >= 4 is 16.7 Å². The van der Waals surface area contributed by atoms with Gasteiger partial charge in [-0.3, -0.25) is 4.79 Å². The van der Waals surface area contributed by atoms with Crippen LogP contribution in [-0.2, 0) is 0 Å². The standard InChI is InChI=1S/C21H20FN7O/c22-15-10-14-11-18(21(30)25-20(14)24-12-15)19-13-29(27-26-19)17-4-2-16(3-5-17)28-8-1-6-23-7-9-28/h2-5,10-13,23H,1,6-9H2,(H,24,25,30). The van der Waals surface area contributed by atoms with Crippen LogP contribution in [0.15, 0.2) is 53.6 Å². The van der Waals surface area contributed by atoms with Gasteiger partial charge in [0.1, 0.15) is 17.2 Å². The van der Waals surface area contributed by atoms with Gasteiger partial charge in [-0.05, 0) is 49.4 Å². The van der Waals surface area contributed by atoms with Gasteiger partial charge < -0.3 is 15.2 Å². The maximum atomic E-state index is 13.5. The molecule has 0 spiro atoms. The molecule has 4 heterocycles. The molecule has 4 aromatic rings. The molecule has 152 valence electrons. The first-order chi connectivity index (χ1) is 14.7. The van der Waals surface area contributed by atoms with E-state index < -0.39 is 5.82 Å². The van der Waals surface area contributed by atoms with Crippen molar-refractivity contribution in [3.05, 3.63) is 65.0 Å². The van der Waals surface area contributed by atoms with Gasteiger partial charge in [0.25, 0.3) is 5.56 Å². The van der Waals surface area contributed by atoms with Crippen LogP contribution in [0, 0.1) is 5.82 Å². The predicted molar refractivity (Wildman–Crippen MR) is 112 cm³/mol. The molecule has 8 nitrogen and oxygen atoms in total. The average molecular weight is 405 g/mol. The summed E-state index contributed by atoms with van der Waals surface area (Å²) in [6.07, 6.45) is 3.88. The van der Waals surface area contributed by atoms with E-state index in [0.29, 0.717) is 22.3 Å². The van der Waals surface area contributed by atoms with Crippen molar-refractivity contribution in [2.75, 3.05) is 31.1 Å². The fraction of sp³-hybridized carbons (Fsp3) is 0.238. The molecule has 1 aliphatic rings. The van der Waals surface area contributed by atoms with E-state index in [9.17, 15) is 9.18 Å². The Morgan fingerprint density at radius 1 is 1.03 bits per heavy atom. The highest BCUT2D eigenvalue weighted by Gasteiger charge is 2.13. The van der Waals surface area contributed by atoms with Crippen LogP contribution in [0.25, 0.3) is 28.0 Å². The number of aromatic nitrogens is 5. The van der Waals surface area contributed by atoms with Gasteiger partial charge in [-0.25, -0.2) is 14.1 Å².